The molecule has 0 N–H and O–H groups in total. The zero-order valence-corrected chi connectivity index (χ0v) is 16.2. The van der Waals surface area contributed by atoms with E-state index in [9.17, 15) is 9.59 Å². The summed E-state index contributed by atoms with van der Waals surface area (Å²) in [5.41, 5.74) is 1.16. The predicted molar refractivity (Wildman–Crippen MR) is 104 cm³/mol. The quantitative estimate of drug-likeness (QED) is 0.810. The van der Waals surface area contributed by atoms with Crippen LogP contribution >= 0.6 is 11.6 Å². The Morgan fingerprint density at radius 1 is 0.962 bits per heavy atom. The first kappa shape index (κ1) is 19.0. The van der Waals surface area contributed by atoms with Crippen LogP contribution in [0, 0.1) is 5.92 Å². The SMILES string of the molecule is CCCC(=O)N1CCC(C(=O)N2CCN(c3ccc(Cl)cc3)CC2)CC1. The molecule has 2 amide bonds. The van der Waals surface area contributed by atoms with Gasteiger partial charge >= 0.3 is 0 Å². The van der Waals surface area contributed by atoms with E-state index in [1.807, 2.05) is 41.0 Å². The first-order valence-electron chi connectivity index (χ1n) is 9.65. The first-order valence-corrected chi connectivity index (χ1v) is 10.0. The van der Waals surface area contributed by atoms with E-state index in [0.717, 1.165) is 69.2 Å². The predicted octanol–water partition coefficient (Wildman–Crippen LogP) is 3.03. The van der Waals surface area contributed by atoms with E-state index in [0.29, 0.717) is 6.42 Å². The second-order valence-corrected chi connectivity index (χ2v) is 7.63. The summed E-state index contributed by atoms with van der Waals surface area (Å²) in [6, 6.07) is 7.87. The molecule has 0 saturated carbocycles. The van der Waals surface area contributed by atoms with Crippen LogP contribution in [0.15, 0.2) is 24.3 Å². The summed E-state index contributed by atoms with van der Waals surface area (Å²) in [4.78, 5) is 31.0. The minimum atomic E-state index is 0.0720. The zero-order chi connectivity index (χ0) is 18.5. The third kappa shape index (κ3) is 4.50. The van der Waals surface area contributed by atoms with Gasteiger partial charge in [0.15, 0.2) is 0 Å². The number of carbonyl (C=O) groups excluding carboxylic acids is 2. The lowest BCUT2D eigenvalue weighted by Gasteiger charge is -2.39. The van der Waals surface area contributed by atoms with E-state index >= 15 is 0 Å². The van der Waals surface area contributed by atoms with Crippen LogP contribution in [0.3, 0.4) is 0 Å². The maximum Gasteiger partial charge on any atom is 0.225 e. The molecule has 2 saturated heterocycles. The molecular formula is C20H28ClN3O2. The number of amides is 2. The Balaban J connectivity index is 1.47. The van der Waals surface area contributed by atoms with Gasteiger partial charge in [-0.25, -0.2) is 0 Å². The lowest BCUT2D eigenvalue weighted by Crippen LogP contribution is -2.52. The normalized spacial score (nSPS) is 18.9. The van der Waals surface area contributed by atoms with Crippen LogP contribution in [-0.2, 0) is 9.59 Å². The van der Waals surface area contributed by atoms with E-state index < -0.39 is 0 Å². The minimum absolute atomic E-state index is 0.0720. The van der Waals surface area contributed by atoms with Crippen LogP contribution in [-0.4, -0.2) is 60.9 Å². The standard InChI is InChI=1S/C20H28ClN3O2/c1-2-3-19(25)23-10-8-16(9-11-23)20(26)24-14-12-22(13-15-24)18-6-4-17(21)5-7-18/h4-7,16H,2-3,8-15H2,1H3. The molecule has 2 aliphatic rings. The van der Waals surface area contributed by atoms with Gasteiger partial charge in [-0.1, -0.05) is 18.5 Å². The number of nitrogens with zero attached hydrogens (tertiary/aromatic N) is 3. The Bertz CT molecular complexity index is 618. The number of piperidine rings is 1. The van der Waals surface area contributed by atoms with Gasteiger partial charge in [-0.05, 0) is 43.5 Å². The fraction of sp³-hybridized carbons (Fsp3) is 0.600. The zero-order valence-electron chi connectivity index (χ0n) is 15.5. The van der Waals surface area contributed by atoms with Gasteiger partial charge in [0.2, 0.25) is 11.8 Å². The highest BCUT2D eigenvalue weighted by atomic mass is 35.5. The lowest BCUT2D eigenvalue weighted by atomic mass is 9.94. The number of halogens is 1. The molecule has 5 nitrogen and oxygen atoms in total. The fourth-order valence-electron chi connectivity index (χ4n) is 3.84. The van der Waals surface area contributed by atoms with Gasteiger partial charge in [0.25, 0.3) is 0 Å². The highest BCUT2D eigenvalue weighted by molar-refractivity contribution is 6.30. The van der Waals surface area contributed by atoms with Crippen LogP contribution in [0.2, 0.25) is 5.02 Å². The number of hydrogen-bond acceptors (Lipinski definition) is 3. The van der Waals surface area contributed by atoms with Crippen molar-refractivity contribution in [2.75, 3.05) is 44.2 Å². The molecule has 2 fully saturated rings. The highest BCUT2D eigenvalue weighted by Gasteiger charge is 2.31. The number of likely N-dealkylation sites (tertiary alicyclic amines) is 1. The molecule has 6 heteroatoms. The second-order valence-electron chi connectivity index (χ2n) is 7.19. The molecule has 3 rings (SSSR count). The number of rotatable bonds is 4. The largest absolute Gasteiger partial charge is 0.368 e. The Morgan fingerprint density at radius 3 is 2.15 bits per heavy atom. The molecule has 0 aliphatic carbocycles. The van der Waals surface area contributed by atoms with Crippen molar-refractivity contribution in [1.82, 2.24) is 9.80 Å². The summed E-state index contributed by atoms with van der Waals surface area (Å²) >= 11 is 5.95. The molecule has 142 valence electrons. The molecule has 26 heavy (non-hydrogen) atoms. The van der Waals surface area contributed by atoms with E-state index in [4.69, 9.17) is 11.6 Å². The molecule has 0 atom stereocenters. The van der Waals surface area contributed by atoms with Crippen molar-refractivity contribution in [3.05, 3.63) is 29.3 Å². The molecule has 1 aromatic carbocycles. The summed E-state index contributed by atoms with van der Waals surface area (Å²) in [5, 5.41) is 0.742. The number of piperazine rings is 1. The van der Waals surface area contributed by atoms with Gasteiger partial charge in [0.1, 0.15) is 0 Å². The molecule has 1 aromatic rings. The van der Waals surface area contributed by atoms with Crippen LogP contribution in [0.1, 0.15) is 32.6 Å². The monoisotopic (exact) mass is 377 g/mol. The third-order valence-corrected chi connectivity index (χ3v) is 5.70. The third-order valence-electron chi connectivity index (χ3n) is 5.44. The maximum absolute atomic E-state index is 12.8. The maximum atomic E-state index is 12.8. The first-order chi connectivity index (χ1) is 12.6. The summed E-state index contributed by atoms with van der Waals surface area (Å²) in [7, 11) is 0. The molecule has 2 aliphatic heterocycles. The number of carbonyl (C=O) groups is 2. The van der Waals surface area contributed by atoms with Gasteiger partial charge in [0, 0.05) is 62.3 Å². The van der Waals surface area contributed by atoms with Crippen molar-refractivity contribution in [1.29, 1.82) is 0 Å². The molecule has 0 aromatic heterocycles. The average Bonchev–Trinajstić information content (AvgIpc) is 2.68. The van der Waals surface area contributed by atoms with Gasteiger partial charge in [-0.15, -0.1) is 0 Å². The molecule has 0 spiro atoms. The van der Waals surface area contributed by atoms with Crippen LogP contribution in [0.25, 0.3) is 0 Å². The number of benzene rings is 1. The molecular weight excluding hydrogens is 350 g/mol. The van der Waals surface area contributed by atoms with E-state index in [1.165, 1.54) is 0 Å². The number of hydrogen-bond donors (Lipinski definition) is 0. The van der Waals surface area contributed by atoms with Crippen LogP contribution < -0.4 is 4.90 Å². The van der Waals surface area contributed by atoms with Crippen molar-refractivity contribution in [3.8, 4) is 0 Å². The highest BCUT2D eigenvalue weighted by Crippen LogP contribution is 2.23. The average molecular weight is 378 g/mol. The lowest BCUT2D eigenvalue weighted by molar-refractivity contribution is -0.141. The number of anilines is 1. The summed E-state index contributed by atoms with van der Waals surface area (Å²) < 4.78 is 0. The van der Waals surface area contributed by atoms with E-state index in [2.05, 4.69) is 4.90 Å². The van der Waals surface area contributed by atoms with Gasteiger partial charge in [-0.3, -0.25) is 9.59 Å². The van der Waals surface area contributed by atoms with Gasteiger partial charge < -0.3 is 14.7 Å². The second kappa shape index (κ2) is 8.76. The van der Waals surface area contributed by atoms with Crippen molar-refractivity contribution in [2.45, 2.75) is 32.6 Å². The molecule has 0 unspecified atom stereocenters. The molecule has 0 radical (unpaired) electrons. The fourth-order valence-corrected chi connectivity index (χ4v) is 3.97. The van der Waals surface area contributed by atoms with E-state index in [-0.39, 0.29) is 17.7 Å². The Kier molecular flexibility index (Phi) is 6.41. The van der Waals surface area contributed by atoms with Gasteiger partial charge in [0.05, 0.1) is 0 Å². The smallest absolute Gasteiger partial charge is 0.225 e. The van der Waals surface area contributed by atoms with Crippen LogP contribution in [0.5, 0.6) is 0 Å². The van der Waals surface area contributed by atoms with Gasteiger partial charge in [-0.2, -0.15) is 0 Å². The summed E-state index contributed by atoms with van der Waals surface area (Å²) in [5.74, 6) is 0.570. The van der Waals surface area contributed by atoms with Crippen molar-refractivity contribution < 1.29 is 9.59 Å². The van der Waals surface area contributed by atoms with Crippen molar-refractivity contribution in [3.63, 3.8) is 0 Å². The van der Waals surface area contributed by atoms with Crippen molar-refractivity contribution >= 4 is 29.1 Å². The molecule has 2 heterocycles. The van der Waals surface area contributed by atoms with E-state index in [1.54, 1.807) is 0 Å². The Hall–Kier alpha value is -1.75. The Morgan fingerprint density at radius 2 is 1.58 bits per heavy atom. The van der Waals surface area contributed by atoms with Crippen molar-refractivity contribution in [2.24, 2.45) is 5.92 Å². The summed E-state index contributed by atoms with van der Waals surface area (Å²) in [6.45, 7) is 6.69. The minimum Gasteiger partial charge on any atom is -0.368 e. The topological polar surface area (TPSA) is 43.9 Å². The molecule has 0 bridgehead atoms. The van der Waals surface area contributed by atoms with Crippen LogP contribution in [0.4, 0.5) is 5.69 Å². The summed E-state index contributed by atoms with van der Waals surface area (Å²) in [6.07, 6.45) is 3.10. The Labute approximate surface area is 160 Å².